The Morgan fingerprint density at radius 2 is 1.87 bits per heavy atom. The summed E-state index contributed by atoms with van der Waals surface area (Å²) in [5, 5.41) is 3.65. The van der Waals surface area contributed by atoms with Crippen LogP contribution in [0, 0.1) is 13.8 Å². The van der Waals surface area contributed by atoms with E-state index in [9.17, 15) is 0 Å². The summed E-state index contributed by atoms with van der Waals surface area (Å²) >= 11 is 3.12. The third kappa shape index (κ3) is 2.76. The number of hydrogen-bond donors (Lipinski definition) is 1. The van der Waals surface area contributed by atoms with E-state index in [4.69, 9.17) is 5.73 Å². The van der Waals surface area contributed by atoms with Gasteiger partial charge in [0.05, 0.1) is 21.3 Å². The number of aryl methyl sites for hydroxylation is 2. The molecule has 0 aliphatic heterocycles. The molecule has 2 N–H and O–H groups in total. The molecule has 0 saturated heterocycles. The van der Waals surface area contributed by atoms with Crippen molar-refractivity contribution >= 4 is 27.8 Å². The second-order valence-electron chi connectivity index (χ2n) is 2.72. The number of nitrogens with two attached hydrogens (primary N) is 1. The van der Waals surface area contributed by atoms with Crippen LogP contribution in [0.1, 0.15) is 24.5 Å². The van der Waals surface area contributed by atoms with Gasteiger partial charge in [-0.05, 0) is 13.8 Å². The van der Waals surface area contributed by atoms with Gasteiger partial charge in [-0.1, -0.05) is 13.8 Å². The molecule has 2 heterocycles. The van der Waals surface area contributed by atoms with Crippen molar-refractivity contribution in [1.82, 2.24) is 9.97 Å². The van der Waals surface area contributed by atoms with Crippen LogP contribution in [0.25, 0.3) is 10.6 Å². The lowest BCUT2D eigenvalue weighted by atomic mass is 10.3. The molecule has 0 bridgehead atoms. The summed E-state index contributed by atoms with van der Waals surface area (Å²) in [4.78, 5) is 9.69. The SMILES string of the molecule is CC.Cc1nc(C)c(-c2csc(N)n2)s1. The number of hydrogen-bond acceptors (Lipinski definition) is 5. The predicted molar refractivity (Wildman–Crippen MR) is 68.5 cm³/mol. The minimum Gasteiger partial charge on any atom is -0.375 e. The van der Waals surface area contributed by atoms with Crippen LogP contribution in [-0.2, 0) is 0 Å². The fourth-order valence-corrected chi connectivity index (χ4v) is 2.67. The van der Waals surface area contributed by atoms with Gasteiger partial charge in [0.15, 0.2) is 5.13 Å². The lowest BCUT2D eigenvalue weighted by Gasteiger charge is -1.89. The molecule has 82 valence electrons. The first-order valence-corrected chi connectivity index (χ1v) is 6.52. The Hall–Kier alpha value is -0.940. The predicted octanol–water partition coefficient (Wildman–Crippen LogP) is 3.49. The van der Waals surface area contributed by atoms with E-state index in [1.165, 1.54) is 11.3 Å². The van der Waals surface area contributed by atoms with Crippen LogP contribution < -0.4 is 5.73 Å². The Kier molecular flexibility index (Phi) is 4.23. The highest BCUT2D eigenvalue weighted by Gasteiger charge is 2.09. The van der Waals surface area contributed by atoms with E-state index in [0.29, 0.717) is 5.13 Å². The highest BCUT2D eigenvalue weighted by Crippen LogP contribution is 2.30. The topological polar surface area (TPSA) is 51.8 Å². The lowest BCUT2D eigenvalue weighted by Crippen LogP contribution is -1.82. The van der Waals surface area contributed by atoms with Crippen molar-refractivity contribution in [1.29, 1.82) is 0 Å². The Morgan fingerprint density at radius 1 is 1.20 bits per heavy atom. The van der Waals surface area contributed by atoms with E-state index >= 15 is 0 Å². The first-order chi connectivity index (χ1) is 7.16. The summed E-state index contributed by atoms with van der Waals surface area (Å²) in [5.74, 6) is 0. The van der Waals surface area contributed by atoms with Gasteiger partial charge in [0, 0.05) is 5.38 Å². The number of nitrogen functional groups attached to an aromatic ring is 1. The standard InChI is InChI=1S/C8H9N3S2.C2H6/c1-4-7(13-5(2)10-4)6-3-12-8(9)11-6;1-2/h3H,1-2H3,(H2,9,11);1-2H3. The smallest absolute Gasteiger partial charge is 0.180 e. The zero-order valence-electron chi connectivity index (χ0n) is 9.37. The summed E-state index contributed by atoms with van der Waals surface area (Å²) in [6, 6.07) is 0. The van der Waals surface area contributed by atoms with Crippen molar-refractivity contribution in [3.8, 4) is 10.6 Å². The molecule has 0 amide bonds. The highest BCUT2D eigenvalue weighted by molar-refractivity contribution is 7.16. The summed E-state index contributed by atoms with van der Waals surface area (Å²) in [5.41, 5.74) is 7.55. The summed E-state index contributed by atoms with van der Waals surface area (Å²) in [6.07, 6.45) is 0. The molecule has 2 aromatic heterocycles. The number of rotatable bonds is 1. The largest absolute Gasteiger partial charge is 0.375 e. The zero-order chi connectivity index (χ0) is 11.4. The first-order valence-electron chi connectivity index (χ1n) is 4.82. The fraction of sp³-hybridized carbons (Fsp3) is 0.400. The molecule has 0 aliphatic carbocycles. The number of anilines is 1. The van der Waals surface area contributed by atoms with Crippen molar-refractivity contribution in [2.45, 2.75) is 27.7 Å². The maximum absolute atomic E-state index is 5.56. The molecule has 2 aromatic rings. The van der Waals surface area contributed by atoms with Crippen molar-refractivity contribution < 1.29 is 0 Å². The van der Waals surface area contributed by atoms with Crippen LogP contribution >= 0.6 is 22.7 Å². The molecule has 3 nitrogen and oxygen atoms in total. The van der Waals surface area contributed by atoms with Crippen LogP contribution in [0.2, 0.25) is 0 Å². The number of aromatic nitrogens is 2. The quantitative estimate of drug-likeness (QED) is 0.831. The van der Waals surface area contributed by atoms with Gasteiger partial charge < -0.3 is 5.73 Å². The van der Waals surface area contributed by atoms with Crippen LogP contribution in [0.3, 0.4) is 0 Å². The van der Waals surface area contributed by atoms with E-state index in [1.54, 1.807) is 11.3 Å². The van der Waals surface area contributed by atoms with Crippen LogP contribution in [0.4, 0.5) is 5.13 Å². The summed E-state index contributed by atoms with van der Waals surface area (Å²) in [7, 11) is 0. The molecule has 0 saturated carbocycles. The molecule has 2 rings (SSSR count). The van der Waals surface area contributed by atoms with Crippen molar-refractivity contribution in [3.05, 3.63) is 16.1 Å². The number of nitrogens with zero attached hydrogens (tertiary/aromatic N) is 2. The Bertz CT molecular complexity index is 432. The third-order valence-electron chi connectivity index (χ3n) is 1.66. The Labute approximate surface area is 98.0 Å². The van der Waals surface area contributed by atoms with Gasteiger partial charge >= 0.3 is 0 Å². The molecular formula is C10H15N3S2. The Balaban J connectivity index is 0.000000531. The van der Waals surface area contributed by atoms with Gasteiger partial charge in [-0.2, -0.15) is 0 Å². The first kappa shape index (κ1) is 12.1. The van der Waals surface area contributed by atoms with Crippen LogP contribution in [0.5, 0.6) is 0 Å². The maximum Gasteiger partial charge on any atom is 0.180 e. The van der Waals surface area contributed by atoms with Gasteiger partial charge in [-0.25, -0.2) is 9.97 Å². The van der Waals surface area contributed by atoms with Gasteiger partial charge in [-0.3, -0.25) is 0 Å². The average molecular weight is 241 g/mol. The summed E-state index contributed by atoms with van der Waals surface area (Å²) < 4.78 is 0. The molecule has 0 unspecified atom stereocenters. The van der Waals surface area contributed by atoms with E-state index < -0.39 is 0 Å². The molecule has 0 aliphatic rings. The van der Waals surface area contributed by atoms with Crippen LogP contribution in [0.15, 0.2) is 5.38 Å². The second-order valence-corrected chi connectivity index (χ2v) is 4.81. The average Bonchev–Trinajstić information content (AvgIpc) is 2.76. The number of thiazole rings is 2. The molecular weight excluding hydrogens is 226 g/mol. The maximum atomic E-state index is 5.56. The van der Waals surface area contributed by atoms with Gasteiger partial charge in [0.1, 0.15) is 0 Å². The van der Waals surface area contributed by atoms with E-state index in [1.807, 2.05) is 33.1 Å². The van der Waals surface area contributed by atoms with Gasteiger partial charge in [0.25, 0.3) is 0 Å². The lowest BCUT2D eigenvalue weighted by molar-refractivity contribution is 1.20. The van der Waals surface area contributed by atoms with Crippen molar-refractivity contribution in [3.63, 3.8) is 0 Å². The fourth-order valence-electron chi connectivity index (χ4n) is 1.16. The molecule has 15 heavy (non-hydrogen) atoms. The van der Waals surface area contributed by atoms with Crippen molar-refractivity contribution in [2.75, 3.05) is 5.73 Å². The zero-order valence-corrected chi connectivity index (χ0v) is 11.0. The minimum atomic E-state index is 0.612. The third-order valence-corrected chi connectivity index (χ3v) is 3.43. The van der Waals surface area contributed by atoms with Gasteiger partial charge in [-0.15, -0.1) is 22.7 Å². The highest BCUT2D eigenvalue weighted by atomic mass is 32.1. The summed E-state index contributed by atoms with van der Waals surface area (Å²) in [6.45, 7) is 7.99. The van der Waals surface area contributed by atoms with E-state index in [-0.39, 0.29) is 0 Å². The molecule has 0 radical (unpaired) electrons. The molecule has 0 atom stereocenters. The molecule has 0 fully saturated rings. The van der Waals surface area contributed by atoms with E-state index in [2.05, 4.69) is 9.97 Å². The monoisotopic (exact) mass is 241 g/mol. The van der Waals surface area contributed by atoms with Gasteiger partial charge in [0.2, 0.25) is 0 Å². The molecule has 0 aromatic carbocycles. The molecule has 5 heteroatoms. The molecule has 0 spiro atoms. The Morgan fingerprint density at radius 3 is 2.27 bits per heavy atom. The second kappa shape index (κ2) is 5.23. The minimum absolute atomic E-state index is 0.612. The van der Waals surface area contributed by atoms with Crippen LogP contribution in [-0.4, -0.2) is 9.97 Å². The normalized spacial score (nSPS) is 9.60. The van der Waals surface area contributed by atoms with E-state index in [0.717, 1.165) is 21.3 Å². The van der Waals surface area contributed by atoms with Crippen molar-refractivity contribution in [2.24, 2.45) is 0 Å².